The Hall–Kier alpha value is -2.12. The zero-order chi connectivity index (χ0) is 14.9. The zero-order valence-corrected chi connectivity index (χ0v) is 12.7. The predicted octanol–water partition coefficient (Wildman–Crippen LogP) is 2.78. The van der Waals surface area contributed by atoms with Gasteiger partial charge in [0.1, 0.15) is 5.82 Å². The van der Waals surface area contributed by atoms with Gasteiger partial charge in [-0.15, -0.1) is 0 Å². The molecule has 4 heteroatoms. The molecule has 1 aromatic heterocycles. The maximum Gasteiger partial charge on any atom is 0.129 e. The van der Waals surface area contributed by atoms with Gasteiger partial charge in [0.25, 0.3) is 0 Å². The highest BCUT2D eigenvalue weighted by Gasteiger charge is 2.29. The Labute approximate surface area is 131 Å². The van der Waals surface area contributed by atoms with Crippen LogP contribution in [-0.2, 0) is 0 Å². The Bertz CT molecular complexity index is 733. The Morgan fingerprint density at radius 2 is 2.05 bits per heavy atom. The third kappa shape index (κ3) is 2.42. The van der Waals surface area contributed by atoms with Crippen LogP contribution >= 0.6 is 0 Å². The molecule has 22 heavy (non-hydrogen) atoms. The van der Waals surface area contributed by atoms with Crippen molar-refractivity contribution < 1.29 is 0 Å². The molecular weight excluding hydrogens is 272 g/mol. The van der Waals surface area contributed by atoms with Gasteiger partial charge in [-0.3, -0.25) is 4.90 Å². The van der Waals surface area contributed by atoms with Gasteiger partial charge in [0.2, 0.25) is 0 Å². The predicted molar refractivity (Wildman–Crippen MR) is 87.9 cm³/mol. The minimum Gasteiger partial charge on any atom is -0.354 e. The molecule has 1 atom stereocenters. The summed E-state index contributed by atoms with van der Waals surface area (Å²) in [6.07, 6.45) is 4.03. The molecule has 4 nitrogen and oxygen atoms in total. The summed E-state index contributed by atoms with van der Waals surface area (Å²) in [6.45, 7) is 4.57. The molecule has 0 amide bonds. The van der Waals surface area contributed by atoms with Gasteiger partial charge in [0.15, 0.2) is 0 Å². The second-order valence-electron chi connectivity index (χ2n) is 6.32. The molecule has 0 spiro atoms. The average Bonchev–Trinajstić information content (AvgIpc) is 2.60. The fraction of sp³-hybridized carbons (Fsp3) is 0.444. The first kappa shape index (κ1) is 13.5. The number of piperidine rings is 1. The number of pyridine rings is 1. The Kier molecular flexibility index (Phi) is 3.44. The quantitative estimate of drug-likeness (QED) is 0.810. The minimum absolute atomic E-state index is 0.692. The number of hydrogen-bond donors (Lipinski definition) is 0. The van der Waals surface area contributed by atoms with Crippen molar-refractivity contribution in [3.63, 3.8) is 0 Å². The van der Waals surface area contributed by atoms with Crippen LogP contribution in [0.5, 0.6) is 0 Å². The van der Waals surface area contributed by atoms with E-state index < -0.39 is 0 Å². The van der Waals surface area contributed by atoms with Crippen LogP contribution in [0.2, 0.25) is 0 Å². The summed E-state index contributed by atoms with van der Waals surface area (Å²) in [7, 11) is 0. The van der Waals surface area contributed by atoms with E-state index in [1.54, 1.807) is 0 Å². The Morgan fingerprint density at radius 1 is 1.09 bits per heavy atom. The molecule has 0 saturated carbocycles. The second-order valence-corrected chi connectivity index (χ2v) is 6.32. The first-order valence-corrected chi connectivity index (χ1v) is 8.13. The van der Waals surface area contributed by atoms with Gasteiger partial charge < -0.3 is 4.90 Å². The van der Waals surface area contributed by atoms with Crippen LogP contribution in [0.15, 0.2) is 30.3 Å². The van der Waals surface area contributed by atoms with Gasteiger partial charge in [0, 0.05) is 31.1 Å². The first-order chi connectivity index (χ1) is 10.8. The molecule has 0 aliphatic carbocycles. The largest absolute Gasteiger partial charge is 0.354 e. The third-order valence-corrected chi connectivity index (χ3v) is 4.96. The van der Waals surface area contributed by atoms with Gasteiger partial charge in [-0.2, -0.15) is 5.26 Å². The van der Waals surface area contributed by atoms with Gasteiger partial charge in [-0.05, 0) is 49.7 Å². The second kappa shape index (κ2) is 5.58. The van der Waals surface area contributed by atoms with E-state index in [0.29, 0.717) is 11.6 Å². The number of aromatic nitrogens is 1. The molecule has 0 bridgehead atoms. The van der Waals surface area contributed by atoms with Crippen molar-refractivity contribution in [1.82, 2.24) is 9.88 Å². The lowest BCUT2D eigenvalue weighted by Crippen LogP contribution is -2.55. The number of rotatable bonds is 1. The topological polar surface area (TPSA) is 43.2 Å². The molecular formula is C18H20N4. The van der Waals surface area contributed by atoms with Crippen molar-refractivity contribution >= 4 is 16.7 Å². The van der Waals surface area contributed by atoms with E-state index >= 15 is 0 Å². The summed E-state index contributed by atoms with van der Waals surface area (Å²) in [5.74, 6) is 1.07. The van der Waals surface area contributed by atoms with Crippen LogP contribution in [0.4, 0.5) is 5.82 Å². The maximum atomic E-state index is 8.98. The van der Waals surface area contributed by atoms with Gasteiger partial charge in [-0.25, -0.2) is 4.98 Å². The highest BCUT2D eigenvalue weighted by molar-refractivity contribution is 5.81. The minimum atomic E-state index is 0.692. The highest BCUT2D eigenvalue weighted by atomic mass is 15.3. The number of piperazine rings is 1. The van der Waals surface area contributed by atoms with Crippen molar-refractivity contribution in [2.45, 2.75) is 25.3 Å². The summed E-state index contributed by atoms with van der Waals surface area (Å²) in [5, 5.41) is 10.0. The maximum absolute atomic E-state index is 8.98. The molecule has 4 rings (SSSR count). The van der Waals surface area contributed by atoms with Crippen LogP contribution < -0.4 is 4.90 Å². The van der Waals surface area contributed by atoms with E-state index in [4.69, 9.17) is 10.2 Å². The molecule has 0 N–H and O–H groups in total. The Morgan fingerprint density at radius 3 is 2.95 bits per heavy atom. The number of nitrogens with zero attached hydrogens (tertiary/aromatic N) is 4. The summed E-state index contributed by atoms with van der Waals surface area (Å²) in [5.41, 5.74) is 1.67. The van der Waals surface area contributed by atoms with E-state index in [2.05, 4.69) is 28.0 Å². The third-order valence-electron chi connectivity index (χ3n) is 4.96. The van der Waals surface area contributed by atoms with Gasteiger partial charge >= 0.3 is 0 Å². The van der Waals surface area contributed by atoms with E-state index in [0.717, 1.165) is 36.4 Å². The monoisotopic (exact) mass is 292 g/mol. The fourth-order valence-electron chi connectivity index (χ4n) is 3.72. The van der Waals surface area contributed by atoms with Crippen LogP contribution in [0.1, 0.15) is 24.8 Å². The van der Waals surface area contributed by atoms with Crippen molar-refractivity contribution in [2.24, 2.45) is 0 Å². The average molecular weight is 292 g/mol. The molecule has 2 aliphatic rings. The van der Waals surface area contributed by atoms with Crippen LogP contribution in [0.3, 0.4) is 0 Å². The van der Waals surface area contributed by atoms with Crippen molar-refractivity contribution in [2.75, 3.05) is 31.1 Å². The first-order valence-electron chi connectivity index (χ1n) is 8.13. The lowest BCUT2D eigenvalue weighted by atomic mass is 9.99. The smallest absolute Gasteiger partial charge is 0.129 e. The van der Waals surface area contributed by atoms with Gasteiger partial charge in [0.05, 0.1) is 17.1 Å². The number of benzene rings is 1. The molecule has 112 valence electrons. The highest BCUT2D eigenvalue weighted by Crippen LogP contribution is 2.25. The molecule has 1 aromatic carbocycles. The molecule has 2 aliphatic heterocycles. The van der Waals surface area contributed by atoms with Crippen LogP contribution in [0, 0.1) is 11.3 Å². The number of fused-ring (bicyclic) bond motifs is 2. The van der Waals surface area contributed by atoms with Crippen LogP contribution in [-0.4, -0.2) is 42.1 Å². The number of nitriles is 1. The molecule has 1 unspecified atom stereocenters. The van der Waals surface area contributed by atoms with E-state index in [1.807, 2.05) is 18.2 Å². The summed E-state index contributed by atoms with van der Waals surface area (Å²) >= 11 is 0. The van der Waals surface area contributed by atoms with Gasteiger partial charge in [-0.1, -0.05) is 6.42 Å². The van der Waals surface area contributed by atoms with Crippen molar-refractivity contribution in [3.8, 4) is 6.07 Å². The standard InChI is InChI=1S/C18H20N4/c19-12-14-4-6-17-15(11-14)5-7-18(20-17)22-10-9-21-8-2-1-3-16(21)13-22/h4-7,11,16H,1-3,8-10,13H2. The molecule has 2 saturated heterocycles. The lowest BCUT2D eigenvalue weighted by Gasteiger charge is -2.44. The summed E-state index contributed by atoms with van der Waals surface area (Å²) in [4.78, 5) is 9.87. The number of anilines is 1. The normalized spacial score (nSPS) is 22.3. The summed E-state index contributed by atoms with van der Waals surface area (Å²) in [6, 6.07) is 12.8. The molecule has 2 fully saturated rings. The van der Waals surface area contributed by atoms with Crippen molar-refractivity contribution in [1.29, 1.82) is 5.26 Å². The lowest BCUT2D eigenvalue weighted by molar-refractivity contribution is 0.133. The van der Waals surface area contributed by atoms with Crippen molar-refractivity contribution in [3.05, 3.63) is 35.9 Å². The van der Waals surface area contributed by atoms with E-state index in [9.17, 15) is 0 Å². The zero-order valence-electron chi connectivity index (χ0n) is 12.7. The molecule has 3 heterocycles. The van der Waals surface area contributed by atoms with E-state index in [-0.39, 0.29) is 0 Å². The molecule has 2 aromatic rings. The fourth-order valence-corrected chi connectivity index (χ4v) is 3.72. The van der Waals surface area contributed by atoms with E-state index in [1.165, 1.54) is 25.8 Å². The summed E-state index contributed by atoms with van der Waals surface area (Å²) < 4.78 is 0. The van der Waals surface area contributed by atoms with Crippen LogP contribution in [0.25, 0.3) is 10.9 Å². The number of hydrogen-bond acceptors (Lipinski definition) is 4. The Balaban J connectivity index is 1.60. The molecule has 0 radical (unpaired) electrons. The SMILES string of the molecule is N#Cc1ccc2nc(N3CCN4CCCCC4C3)ccc2c1.